The number of aromatic nitrogens is 1. The Bertz CT molecular complexity index is 1270. The normalized spacial score (nSPS) is 14.7. The lowest BCUT2D eigenvalue weighted by atomic mass is 9.95. The number of fused-ring (bicyclic) bond motifs is 1. The van der Waals surface area contributed by atoms with Gasteiger partial charge in [0.2, 0.25) is 5.91 Å². The zero-order valence-electron chi connectivity index (χ0n) is 20.4. The first-order chi connectivity index (χ1) is 16.2. The quantitative estimate of drug-likeness (QED) is 0.517. The molecule has 1 aliphatic heterocycles. The van der Waals surface area contributed by atoms with Gasteiger partial charge in [-0.15, -0.1) is 0 Å². The molecule has 6 nitrogen and oxygen atoms in total. The number of benzene rings is 2. The molecule has 0 saturated carbocycles. The van der Waals surface area contributed by atoms with Gasteiger partial charge >= 0.3 is 0 Å². The van der Waals surface area contributed by atoms with Crippen molar-refractivity contribution >= 4 is 28.3 Å². The predicted molar refractivity (Wildman–Crippen MR) is 135 cm³/mol. The minimum absolute atomic E-state index is 0.0729. The SMILES string of the molecule is Cc1c(C(=O)CN2CCCCC2)c2cc(NC(=O)C(C)(C)C)ccc2n1-c1ccc(C#N)cc1. The fourth-order valence-corrected chi connectivity index (χ4v) is 4.58. The van der Waals surface area contributed by atoms with Gasteiger partial charge in [-0.3, -0.25) is 14.5 Å². The second kappa shape index (κ2) is 9.44. The minimum Gasteiger partial charge on any atom is -0.326 e. The topological polar surface area (TPSA) is 78.1 Å². The third-order valence-electron chi connectivity index (χ3n) is 6.49. The van der Waals surface area contributed by atoms with Gasteiger partial charge in [-0.25, -0.2) is 0 Å². The molecule has 6 heteroatoms. The number of nitrogens with zero attached hydrogens (tertiary/aromatic N) is 3. The summed E-state index contributed by atoms with van der Waals surface area (Å²) in [5, 5.41) is 13.0. The summed E-state index contributed by atoms with van der Waals surface area (Å²) in [4.78, 5) is 28.4. The van der Waals surface area contributed by atoms with E-state index < -0.39 is 5.41 Å². The highest BCUT2D eigenvalue weighted by atomic mass is 16.2. The highest BCUT2D eigenvalue weighted by Crippen LogP contribution is 2.32. The van der Waals surface area contributed by atoms with E-state index in [4.69, 9.17) is 0 Å². The first kappa shape index (κ1) is 23.7. The molecule has 0 spiro atoms. The number of carbonyl (C=O) groups excluding carboxylic acids is 2. The molecule has 34 heavy (non-hydrogen) atoms. The first-order valence-corrected chi connectivity index (χ1v) is 11.9. The molecule has 4 rings (SSSR count). The number of rotatable bonds is 5. The molecule has 0 aliphatic carbocycles. The number of anilines is 1. The number of amides is 1. The zero-order valence-corrected chi connectivity index (χ0v) is 20.4. The molecular weight excluding hydrogens is 424 g/mol. The van der Waals surface area contributed by atoms with Crippen LogP contribution in [0.25, 0.3) is 16.6 Å². The predicted octanol–water partition coefficient (Wildman–Crippen LogP) is 5.46. The maximum atomic E-state index is 13.6. The summed E-state index contributed by atoms with van der Waals surface area (Å²) in [6, 6.07) is 15.3. The molecule has 3 aromatic rings. The van der Waals surface area contributed by atoms with Gasteiger partial charge in [0.25, 0.3) is 0 Å². The molecule has 0 bridgehead atoms. The van der Waals surface area contributed by atoms with Crippen LogP contribution in [0.5, 0.6) is 0 Å². The number of hydrogen-bond acceptors (Lipinski definition) is 4. The van der Waals surface area contributed by atoms with Crippen LogP contribution in [-0.2, 0) is 4.79 Å². The highest BCUT2D eigenvalue weighted by molar-refractivity contribution is 6.12. The molecule has 1 fully saturated rings. The number of piperidine rings is 1. The van der Waals surface area contributed by atoms with Crippen LogP contribution in [0.1, 0.15) is 61.6 Å². The molecular formula is C28H32N4O2. The van der Waals surface area contributed by atoms with Gasteiger partial charge in [-0.05, 0) is 75.3 Å². The van der Waals surface area contributed by atoms with E-state index in [1.54, 1.807) is 12.1 Å². The van der Waals surface area contributed by atoms with Gasteiger partial charge in [0, 0.05) is 33.4 Å². The van der Waals surface area contributed by atoms with Crippen LogP contribution >= 0.6 is 0 Å². The van der Waals surface area contributed by atoms with Gasteiger partial charge in [0.05, 0.1) is 23.7 Å². The van der Waals surface area contributed by atoms with E-state index in [2.05, 4.69) is 20.9 Å². The average Bonchev–Trinajstić information content (AvgIpc) is 3.10. The Kier molecular flexibility index (Phi) is 6.58. The van der Waals surface area contributed by atoms with Crippen molar-refractivity contribution in [2.24, 2.45) is 5.41 Å². The molecule has 1 saturated heterocycles. The number of nitrogens with one attached hydrogen (secondary N) is 1. The van der Waals surface area contributed by atoms with Gasteiger partial charge in [0.15, 0.2) is 5.78 Å². The van der Waals surface area contributed by atoms with Crippen LogP contribution in [0.15, 0.2) is 42.5 Å². The molecule has 1 amide bonds. The fraction of sp³-hybridized carbons (Fsp3) is 0.393. The molecule has 0 atom stereocenters. The summed E-state index contributed by atoms with van der Waals surface area (Å²) < 4.78 is 2.06. The number of carbonyl (C=O) groups is 2. The third-order valence-corrected chi connectivity index (χ3v) is 6.49. The van der Waals surface area contributed by atoms with E-state index in [-0.39, 0.29) is 11.7 Å². The van der Waals surface area contributed by atoms with Gasteiger partial charge in [-0.2, -0.15) is 5.26 Å². The molecule has 1 aliphatic rings. The van der Waals surface area contributed by atoms with E-state index in [9.17, 15) is 14.9 Å². The molecule has 1 aromatic heterocycles. The number of likely N-dealkylation sites (tertiary alicyclic amines) is 1. The van der Waals surface area contributed by atoms with Crippen LogP contribution in [0.4, 0.5) is 5.69 Å². The number of Topliss-reactive ketones (excluding diaryl/α,β-unsaturated/α-hetero) is 1. The van der Waals surface area contributed by atoms with E-state index in [1.807, 2.05) is 58.0 Å². The second-order valence-corrected chi connectivity index (χ2v) is 10.2. The van der Waals surface area contributed by atoms with Crippen molar-refractivity contribution in [2.75, 3.05) is 25.0 Å². The molecule has 176 valence electrons. The van der Waals surface area contributed by atoms with Crippen molar-refractivity contribution in [2.45, 2.75) is 47.0 Å². The van der Waals surface area contributed by atoms with Crippen LogP contribution in [0.2, 0.25) is 0 Å². The van der Waals surface area contributed by atoms with Crippen molar-refractivity contribution in [3.63, 3.8) is 0 Å². The minimum atomic E-state index is -0.522. The molecule has 2 aromatic carbocycles. The van der Waals surface area contributed by atoms with E-state index >= 15 is 0 Å². The Morgan fingerprint density at radius 2 is 1.71 bits per heavy atom. The molecule has 0 radical (unpaired) electrons. The Labute approximate surface area is 201 Å². The van der Waals surface area contributed by atoms with E-state index in [0.717, 1.165) is 48.2 Å². The lowest BCUT2D eigenvalue weighted by molar-refractivity contribution is -0.123. The summed E-state index contributed by atoms with van der Waals surface area (Å²) in [6.07, 6.45) is 3.48. The number of hydrogen-bond donors (Lipinski definition) is 1. The summed E-state index contributed by atoms with van der Waals surface area (Å²) in [5.41, 5.74) is 4.09. The summed E-state index contributed by atoms with van der Waals surface area (Å²) in [5.74, 6) is 0.0207. The Morgan fingerprint density at radius 1 is 1.03 bits per heavy atom. The van der Waals surface area contributed by atoms with Gasteiger partial charge in [0.1, 0.15) is 0 Å². The summed E-state index contributed by atoms with van der Waals surface area (Å²) in [6.45, 7) is 9.89. The fourth-order valence-electron chi connectivity index (χ4n) is 4.58. The third kappa shape index (κ3) is 4.76. The van der Waals surface area contributed by atoms with E-state index in [0.29, 0.717) is 23.4 Å². The molecule has 2 heterocycles. The maximum absolute atomic E-state index is 13.6. The Hall–Kier alpha value is -3.43. The van der Waals surface area contributed by atoms with Crippen molar-refractivity contribution in [3.8, 4) is 11.8 Å². The Balaban J connectivity index is 1.81. The highest BCUT2D eigenvalue weighted by Gasteiger charge is 2.25. The van der Waals surface area contributed by atoms with Crippen molar-refractivity contribution < 1.29 is 9.59 Å². The largest absolute Gasteiger partial charge is 0.326 e. The molecule has 1 N–H and O–H groups in total. The summed E-state index contributed by atoms with van der Waals surface area (Å²) in [7, 11) is 0. The first-order valence-electron chi connectivity index (χ1n) is 11.9. The molecule has 0 unspecified atom stereocenters. The monoisotopic (exact) mass is 456 g/mol. The van der Waals surface area contributed by atoms with Crippen molar-refractivity contribution in [3.05, 3.63) is 59.3 Å². The second-order valence-electron chi connectivity index (χ2n) is 10.2. The summed E-state index contributed by atoms with van der Waals surface area (Å²) >= 11 is 0. The lowest BCUT2D eigenvalue weighted by Crippen LogP contribution is -2.34. The van der Waals surface area contributed by atoms with Crippen LogP contribution in [-0.4, -0.2) is 40.8 Å². The lowest BCUT2D eigenvalue weighted by Gasteiger charge is -2.25. The number of ketones is 1. The number of nitriles is 1. The van der Waals surface area contributed by atoms with E-state index in [1.165, 1.54) is 6.42 Å². The van der Waals surface area contributed by atoms with Crippen molar-refractivity contribution in [1.29, 1.82) is 5.26 Å². The Morgan fingerprint density at radius 3 is 2.32 bits per heavy atom. The van der Waals surface area contributed by atoms with Gasteiger partial charge < -0.3 is 9.88 Å². The maximum Gasteiger partial charge on any atom is 0.229 e. The zero-order chi connectivity index (χ0) is 24.5. The standard InChI is InChI=1S/C28H32N4O2/c1-19-26(25(33)18-31-14-6-5-7-15-31)23-16-21(30-27(34)28(2,3)4)10-13-24(23)32(19)22-11-8-20(17-29)9-12-22/h8-13,16H,5-7,14-15,18H2,1-4H3,(H,30,34). The average molecular weight is 457 g/mol. The smallest absolute Gasteiger partial charge is 0.229 e. The van der Waals surface area contributed by atoms with Crippen LogP contribution in [0.3, 0.4) is 0 Å². The van der Waals surface area contributed by atoms with Gasteiger partial charge in [-0.1, -0.05) is 27.2 Å². The van der Waals surface area contributed by atoms with Crippen LogP contribution in [0, 0.1) is 23.7 Å². The van der Waals surface area contributed by atoms with Crippen molar-refractivity contribution in [1.82, 2.24) is 9.47 Å². The van der Waals surface area contributed by atoms with Crippen LogP contribution < -0.4 is 5.32 Å².